The Hall–Kier alpha value is -0.610. The molecule has 18 heavy (non-hydrogen) atoms. The van der Waals surface area contributed by atoms with Gasteiger partial charge in [-0.05, 0) is 37.5 Å². The lowest BCUT2D eigenvalue weighted by Crippen LogP contribution is -2.64. The molecule has 1 rings (SSSR count). The second-order valence-corrected chi connectivity index (χ2v) is 6.23. The van der Waals surface area contributed by atoms with E-state index in [0.717, 1.165) is 12.8 Å². The van der Waals surface area contributed by atoms with E-state index in [2.05, 4.69) is 4.74 Å². The molecular weight excluding hydrogens is 232 g/mol. The number of hydrogen-bond acceptors (Lipinski definition) is 4. The Kier molecular flexibility index (Phi) is 4.44. The van der Waals surface area contributed by atoms with Gasteiger partial charge >= 0.3 is 5.97 Å². The SMILES string of the molecule is COC(=O)C(C)(O)[C@@]1(O)C[C@H](C)CC[C@H]1C(C)C. The molecule has 0 aromatic rings. The van der Waals surface area contributed by atoms with E-state index < -0.39 is 17.2 Å². The van der Waals surface area contributed by atoms with Gasteiger partial charge in [0, 0.05) is 0 Å². The van der Waals surface area contributed by atoms with Crippen LogP contribution in [-0.4, -0.2) is 34.5 Å². The maximum atomic E-state index is 11.8. The van der Waals surface area contributed by atoms with Crippen molar-refractivity contribution in [3.8, 4) is 0 Å². The molecule has 1 aliphatic carbocycles. The monoisotopic (exact) mass is 258 g/mol. The zero-order valence-corrected chi connectivity index (χ0v) is 12.1. The summed E-state index contributed by atoms with van der Waals surface area (Å²) in [5.41, 5.74) is -3.27. The molecule has 1 fully saturated rings. The van der Waals surface area contributed by atoms with Gasteiger partial charge in [-0.15, -0.1) is 0 Å². The average molecular weight is 258 g/mol. The number of methoxy groups -OCH3 is 1. The van der Waals surface area contributed by atoms with Crippen LogP contribution in [0.2, 0.25) is 0 Å². The Labute approximate surface area is 109 Å². The molecule has 1 unspecified atom stereocenters. The Morgan fingerprint density at radius 1 is 1.44 bits per heavy atom. The Balaban J connectivity index is 3.14. The van der Waals surface area contributed by atoms with Crippen LogP contribution < -0.4 is 0 Å². The molecule has 4 heteroatoms. The van der Waals surface area contributed by atoms with Crippen LogP contribution in [0, 0.1) is 17.8 Å². The van der Waals surface area contributed by atoms with Gasteiger partial charge in [-0.3, -0.25) is 0 Å². The van der Waals surface area contributed by atoms with Crippen molar-refractivity contribution < 1.29 is 19.7 Å². The molecule has 4 atom stereocenters. The molecule has 0 radical (unpaired) electrons. The van der Waals surface area contributed by atoms with Crippen molar-refractivity contribution in [3.63, 3.8) is 0 Å². The molecule has 106 valence electrons. The van der Waals surface area contributed by atoms with Gasteiger partial charge in [-0.2, -0.15) is 0 Å². The Morgan fingerprint density at radius 3 is 2.44 bits per heavy atom. The first kappa shape index (κ1) is 15.4. The van der Waals surface area contributed by atoms with Gasteiger partial charge in [0.05, 0.1) is 7.11 Å². The quantitative estimate of drug-likeness (QED) is 0.757. The van der Waals surface area contributed by atoms with Gasteiger partial charge in [-0.25, -0.2) is 4.79 Å². The normalized spacial score (nSPS) is 36.2. The summed E-state index contributed by atoms with van der Waals surface area (Å²) in [4.78, 5) is 11.8. The third-order valence-electron chi connectivity index (χ3n) is 4.47. The lowest BCUT2D eigenvalue weighted by atomic mass is 9.60. The molecule has 4 nitrogen and oxygen atoms in total. The molecule has 0 amide bonds. The topological polar surface area (TPSA) is 66.8 Å². The molecule has 1 aliphatic rings. The first-order chi connectivity index (χ1) is 8.16. The van der Waals surface area contributed by atoms with E-state index >= 15 is 0 Å². The summed E-state index contributed by atoms with van der Waals surface area (Å²) < 4.78 is 4.65. The van der Waals surface area contributed by atoms with Crippen molar-refractivity contribution in [3.05, 3.63) is 0 Å². The van der Waals surface area contributed by atoms with Gasteiger partial charge in [0.15, 0.2) is 5.60 Å². The standard InChI is InChI=1S/C14H26O4/c1-9(2)11-7-6-10(3)8-14(11,17)13(4,16)12(15)18-5/h9-11,16-17H,6-8H2,1-5H3/t10-,11+,13?,14-/m1/s1. The summed E-state index contributed by atoms with van der Waals surface area (Å²) in [5.74, 6) is -0.354. The summed E-state index contributed by atoms with van der Waals surface area (Å²) in [6.45, 7) is 7.43. The van der Waals surface area contributed by atoms with Crippen LogP contribution >= 0.6 is 0 Å². The Bertz CT molecular complexity index is 311. The Morgan fingerprint density at radius 2 is 2.00 bits per heavy atom. The van der Waals surface area contributed by atoms with Crippen molar-refractivity contribution in [2.24, 2.45) is 17.8 Å². The molecule has 0 bridgehead atoms. The van der Waals surface area contributed by atoms with Gasteiger partial charge in [0.25, 0.3) is 0 Å². The van der Waals surface area contributed by atoms with E-state index in [1.165, 1.54) is 14.0 Å². The summed E-state index contributed by atoms with van der Waals surface area (Å²) in [7, 11) is 1.23. The van der Waals surface area contributed by atoms with E-state index in [1.807, 2.05) is 20.8 Å². The lowest BCUT2D eigenvalue weighted by Gasteiger charge is -2.50. The van der Waals surface area contributed by atoms with Crippen LogP contribution in [0.15, 0.2) is 0 Å². The summed E-state index contributed by atoms with van der Waals surface area (Å²) in [6.07, 6.45) is 2.27. The molecular formula is C14H26O4. The third-order valence-corrected chi connectivity index (χ3v) is 4.47. The van der Waals surface area contributed by atoms with Crippen molar-refractivity contribution in [2.75, 3.05) is 7.11 Å². The smallest absolute Gasteiger partial charge is 0.340 e. The maximum Gasteiger partial charge on any atom is 0.340 e. The minimum Gasteiger partial charge on any atom is -0.467 e. The van der Waals surface area contributed by atoms with Crippen LogP contribution in [0.4, 0.5) is 0 Å². The van der Waals surface area contributed by atoms with Gasteiger partial charge in [0.2, 0.25) is 0 Å². The van der Waals surface area contributed by atoms with E-state index in [-0.39, 0.29) is 11.8 Å². The first-order valence-electron chi connectivity index (χ1n) is 6.70. The maximum absolute atomic E-state index is 11.8. The van der Waals surface area contributed by atoms with Gasteiger partial charge < -0.3 is 14.9 Å². The fraction of sp³-hybridized carbons (Fsp3) is 0.929. The molecule has 0 heterocycles. The summed E-state index contributed by atoms with van der Waals surface area (Å²) in [5, 5.41) is 21.4. The van der Waals surface area contributed by atoms with Crippen LogP contribution in [0.3, 0.4) is 0 Å². The molecule has 1 saturated carbocycles. The lowest BCUT2D eigenvalue weighted by molar-refractivity contribution is -0.220. The van der Waals surface area contributed by atoms with Crippen molar-refractivity contribution in [2.45, 2.75) is 58.2 Å². The highest BCUT2D eigenvalue weighted by molar-refractivity contribution is 5.80. The van der Waals surface area contributed by atoms with Crippen molar-refractivity contribution in [1.29, 1.82) is 0 Å². The fourth-order valence-electron chi connectivity index (χ4n) is 3.31. The number of carbonyl (C=O) groups excluding carboxylic acids is 1. The molecule has 0 aliphatic heterocycles. The molecule has 0 aromatic carbocycles. The van der Waals surface area contributed by atoms with Crippen LogP contribution in [-0.2, 0) is 9.53 Å². The van der Waals surface area contributed by atoms with Gasteiger partial charge in [-0.1, -0.05) is 27.2 Å². The third kappa shape index (κ3) is 2.41. The second-order valence-electron chi connectivity index (χ2n) is 6.23. The minimum atomic E-state index is -1.86. The van der Waals surface area contributed by atoms with E-state index in [0.29, 0.717) is 12.3 Å². The average Bonchev–Trinajstić information content (AvgIpc) is 2.26. The predicted octanol–water partition coefficient (Wildman–Crippen LogP) is 1.73. The minimum absolute atomic E-state index is 0.0946. The van der Waals surface area contributed by atoms with E-state index in [1.54, 1.807) is 0 Å². The number of rotatable bonds is 3. The number of ether oxygens (including phenoxy) is 1. The van der Waals surface area contributed by atoms with E-state index in [9.17, 15) is 15.0 Å². The highest BCUT2D eigenvalue weighted by Gasteiger charge is 2.58. The largest absolute Gasteiger partial charge is 0.467 e. The zero-order chi connectivity index (χ0) is 14.1. The highest BCUT2D eigenvalue weighted by atomic mass is 16.5. The number of esters is 1. The van der Waals surface area contributed by atoms with Crippen molar-refractivity contribution >= 4 is 5.97 Å². The van der Waals surface area contributed by atoms with Crippen LogP contribution in [0.5, 0.6) is 0 Å². The predicted molar refractivity (Wildman–Crippen MR) is 68.9 cm³/mol. The molecule has 0 aromatic heterocycles. The zero-order valence-electron chi connectivity index (χ0n) is 12.1. The number of hydrogen-bond donors (Lipinski definition) is 2. The number of aliphatic hydroxyl groups is 2. The van der Waals surface area contributed by atoms with Crippen LogP contribution in [0.1, 0.15) is 47.0 Å². The fourth-order valence-corrected chi connectivity index (χ4v) is 3.31. The summed E-state index contributed by atoms with van der Waals surface area (Å²) in [6, 6.07) is 0. The second kappa shape index (κ2) is 5.17. The number of carbonyl (C=O) groups is 1. The molecule has 0 saturated heterocycles. The van der Waals surface area contributed by atoms with Gasteiger partial charge in [0.1, 0.15) is 5.60 Å². The van der Waals surface area contributed by atoms with Crippen molar-refractivity contribution in [1.82, 2.24) is 0 Å². The molecule has 0 spiro atoms. The van der Waals surface area contributed by atoms with E-state index in [4.69, 9.17) is 0 Å². The highest BCUT2D eigenvalue weighted by Crippen LogP contribution is 2.47. The summed E-state index contributed by atoms with van der Waals surface area (Å²) >= 11 is 0. The first-order valence-corrected chi connectivity index (χ1v) is 6.70. The molecule has 2 N–H and O–H groups in total. The van der Waals surface area contributed by atoms with Crippen LogP contribution in [0.25, 0.3) is 0 Å².